The van der Waals surface area contributed by atoms with Gasteiger partial charge in [-0.3, -0.25) is 9.79 Å². The maximum Gasteiger partial charge on any atom is 0.225 e. The molecule has 156 valence electrons. The molecule has 6 heteroatoms. The molecule has 29 heavy (non-hydrogen) atoms. The minimum absolute atomic E-state index is 0. The van der Waals surface area contributed by atoms with Crippen LogP contribution in [-0.4, -0.2) is 32.0 Å². The Hall–Kier alpha value is -2.09. The van der Waals surface area contributed by atoms with E-state index < -0.39 is 0 Å². The molecular formula is C23H31IN4O. The van der Waals surface area contributed by atoms with E-state index in [1.165, 1.54) is 11.1 Å². The van der Waals surface area contributed by atoms with Crippen LogP contribution in [0.1, 0.15) is 37.3 Å². The summed E-state index contributed by atoms with van der Waals surface area (Å²) in [7, 11) is 1.78. The van der Waals surface area contributed by atoms with Crippen LogP contribution in [0.5, 0.6) is 0 Å². The summed E-state index contributed by atoms with van der Waals surface area (Å²) in [6.45, 7) is 5.98. The number of para-hydroxylation sites is 1. The van der Waals surface area contributed by atoms with E-state index in [-0.39, 0.29) is 41.2 Å². The van der Waals surface area contributed by atoms with Gasteiger partial charge in [-0.25, -0.2) is 0 Å². The van der Waals surface area contributed by atoms with Crippen molar-refractivity contribution in [3.63, 3.8) is 0 Å². The molecule has 0 aliphatic carbocycles. The lowest BCUT2D eigenvalue weighted by Gasteiger charge is -2.28. The van der Waals surface area contributed by atoms with E-state index in [0.29, 0.717) is 13.0 Å². The third kappa shape index (κ3) is 6.73. The highest BCUT2D eigenvalue weighted by atomic mass is 127. The molecule has 2 aromatic rings. The minimum atomic E-state index is 0. The predicted molar refractivity (Wildman–Crippen MR) is 131 cm³/mol. The normalized spacial score (nSPS) is 16.3. The number of anilines is 1. The summed E-state index contributed by atoms with van der Waals surface area (Å²) in [6.07, 6.45) is 1.48. The fourth-order valence-electron chi connectivity index (χ4n) is 3.66. The van der Waals surface area contributed by atoms with Crippen LogP contribution in [0.25, 0.3) is 0 Å². The van der Waals surface area contributed by atoms with Crippen molar-refractivity contribution in [3.8, 4) is 0 Å². The Labute approximate surface area is 190 Å². The van der Waals surface area contributed by atoms with Gasteiger partial charge in [0.25, 0.3) is 0 Å². The fourth-order valence-corrected chi connectivity index (χ4v) is 3.66. The minimum Gasteiger partial charge on any atom is -0.356 e. The van der Waals surface area contributed by atoms with Gasteiger partial charge < -0.3 is 16.0 Å². The van der Waals surface area contributed by atoms with E-state index >= 15 is 0 Å². The number of carbonyl (C=O) groups excluding carboxylic acids is 1. The SMILES string of the molecule is CN=C(NCC1CC(=O)Nc2ccccc21)NCC(C)(C)Cc1ccccc1.I. The van der Waals surface area contributed by atoms with Crippen molar-refractivity contribution in [3.05, 3.63) is 65.7 Å². The lowest BCUT2D eigenvalue weighted by Crippen LogP contribution is -2.44. The molecule has 0 saturated carbocycles. The van der Waals surface area contributed by atoms with E-state index in [2.05, 4.69) is 65.1 Å². The summed E-state index contributed by atoms with van der Waals surface area (Å²) in [6, 6.07) is 18.5. The second kappa shape index (κ2) is 10.6. The quantitative estimate of drug-likeness (QED) is 0.313. The molecule has 1 unspecified atom stereocenters. The lowest BCUT2D eigenvalue weighted by atomic mass is 9.86. The van der Waals surface area contributed by atoms with E-state index in [0.717, 1.165) is 24.6 Å². The van der Waals surface area contributed by atoms with Crippen LogP contribution in [0.4, 0.5) is 5.69 Å². The van der Waals surface area contributed by atoms with Gasteiger partial charge in [0.1, 0.15) is 0 Å². The first-order chi connectivity index (χ1) is 13.5. The van der Waals surface area contributed by atoms with Gasteiger partial charge >= 0.3 is 0 Å². The zero-order chi connectivity index (χ0) is 20.0. The molecule has 0 spiro atoms. The molecule has 0 bridgehead atoms. The zero-order valence-corrected chi connectivity index (χ0v) is 19.7. The Kier molecular flexibility index (Phi) is 8.49. The Morgan fingerprint density at radius 1 is 1.10 bits per heavy atom. The molecule has 1 atom stereocenters. The van der Waals surface area contributed by atoms with E-state index in [1.807, 2.05) is 24.3 Å². The van der Waals surface area contributed by atoms with Gasteiger partial charge in [-0.05, 0) is 29.0 Å². The number of fused-ring (bicyclic) bond motifs is 1. The van der Waals surface area contributed by atoms with Crippen LogP contribution in [0.15, 0.2) is 59.6 Å². The first-order valence-corrected chi connectivity index (χ1v) is 9.84. The van der Waals surface area contributed by atoms with Crippen LogP contribution in [0.2, 0.25) is 0 Å². The summed E-state index contributed by atoms with van der Waals surface area (Å²) in [5.41, 5.74) is 3.52. The topological polar surface area (TPSA) is 65.5 Å². The third-order valence-electron chi connectivity index (χ3n) is 5.11. The van der Waals surface area contributed by atoms with Crippen LogP contribution in [0.3, 0.4) is 0 Å². The average Bonchev–Trinajstić information content (AvgIpc) is 2.68. The predicted octanol–water partition coefficient (Wildman–Crippen LogP) is 4.16. The molecule has 1 aliphatic heterocycles. The van der Waals surface area contributed by atoms with Crippen molar-refractivity contribution in [1.29, 1.82) is 0 Å². The first-order valence-electron chi connectivity index (χ1n) is 9.84. The van der Waals surface area contributed by atoms with Crippen molar-refractivity contribution in [2.75, 3.05) is 25.5 Å². The molecule has 0 saturated heterocycles. The van der Waals surface area contributed by atoms with Crippen LogP contribution in [0, 0.1) is 5.41 Å². The maximum atomic E-state index is 12.0. The smallest absolute Gasteiger partial charge is 0.225 e. The van der Waals surface area contributed by atoms with E-state index in [1.54, 1.807) is 7.05 Å². The van der Waals surface area contributed by atoms with Gasteiger partial charge in [-0.2, -0.15) is 0 Å². The largest absolute Gasteiger partial charge is 0.356 e. The Balaban J connectivity index is 0.00000300. The number of carbonyl (C=O) groups is 1. The van der Waals surface area contributed by atoms with Crippen molar-refractivity contribution < 1.29 is 4.79 Å². The lowest BCUT2D eigenvalue weighted by molar-refractivity contribution is -0.116. The monoisotopic (exact) mass is 506 g/mol. The number of rotatable bonds is 6. The third-order valence-corrected chi connectivity index (χ3v) is 5.11. The number of benzene rings is 2. The highest BCUT2D eigenvalue weighted by Crippen LogP contribution is 2.31. The highest BCUT2D eigenvalue weighted by molar-refractivity contribution is 14.0. The number of amides is 1. The van der Waals surface area contributed by atoms with Crippen LogP contribution < -0.4 is 16.0 Å². The van der Waals surface area contributed by atoms with E-state index in [9.17, 15) is 4.79 Å². The Morgan fingerprint density at radius 2 is 1.79 bits per heavy atom. The van der Waals surface area contributed by atoms with Crippen LogP contribution in [-0.2, 0) is 11.2 Å². The number of halogens is 1. The van der Waals surface area contributed by atoms with Gasteiger partial charge in [0, 0.05) is 38.2 Å². The molecular weight excluding hydrogens is 475 g/mol. The second-order valence-electron chi connectivity index (χ2n) is 8.17. The van der Waals surface area contributed by atoms with Crippen molar-refractivity contribution >= 4 is 41.5 Å². The van der Waals surface area contributed by atoms with Gasteiger partial charge in [0.15, 0.2) is 5.96 Å². The Bertz CT molecular complexity index is 836. The summed E-state index contributed by atoms with van der Waals surface area (Å²) in [5.74, 6) is 0.975. The molecule has 0 aromatic heterocycles. The van der Waals surface area contributed by atoms with E-state index in [4.69, 9.17) is 0 Å². The number of aliphatic imine (C=N–C) groups is 1. The van der Waals surface area contributed by atoms with Crippen LogP contribution >= 0.6 is 24.0 Å². The molecule has 1 heterocycles. The molecule has 3 rings (SSSR count). The van der Waals surface area contributed by atoms with Crippen molar-refractivity contribution in [1.82, 2.24) is 10.6 Å². The van der Waals surface area contributed by atoms with Gasteiger partial charge in [0.05, 0.1) is 0 Å². The van der Waals surface area contributed by atoms with Gasteiger partial charge in [-0.15, -0.1) is 24.0 Å². The molecule has 0 radical (unpaired) electrons. The maximum absolute atomic E-state index is 12.0. The number of guanidine groups is 1. The standard InChI is InChI=1S/C23H30N4O.HI/c1-23(2,14-17-9-5-4-6-10-17)16-26-22(24-3)25-15-18-13-21(28)27-20-12-8-7-11-19(18)20;/h4-12,18H,13-16H2,1-3H3,(H,27,28)(H2,24,25,26);1H. The fraction of sp³-hybridized carbons (Fsp3) is 0.391. The highest BCUT2D eigenvalue weighted by Gasteiger charge is 2.25. The molecule has 5 nitrogen and oxygen atoms in total. The average molecular weight is 506 g/mol. The molecule has 1 aliphatic rings. The summed E-state index contributed by atoms with van der Waals surface area (Å²) >= 11 is 0. The molecule has 1 amide bonds. The molecule has 2 aromatic carbocycles. The van der Waals surface area contributed by atoms with Crippen molar-refractivity contribution in [2.24, 2.45) is 10.4 Å². The summed E-state index contributed by atoms with van der Waals surface area (Å²) < 4.78 is 0. The number of hydrogen-bond acceptors (Lipinski definition) is 2. The van der Waals surface area contributed by atoms with Gasteiger partial charge in [-0.1, -0.05) is 62.4 Å². The summed E-state index contributed by atoms with van der Waals surface area (Å²) in [5, 5.41) is 9.79. The number of hydrogen-bond donors (Lipinski definition) is 3. The second-order valence-corrected chi connectivity index (χ2v) is 8.17. The first kappa shape index (κ1) is 23.2. The molecule has 0 fully saturated rings. The summed E-state index contributed by atoms with van der Waals surface area (Å²) in [4.78, 5) is 16.3. The Morgan fingerprint density at radius 3 is 2.52 bits per heavy atom. The van der Waals surface area contributed by atoms with Gasteiger partial charge in [0.2, 0.25) is 5.91 Å². The van der Waals surface area contributed by atoms with Crippen molar-refractivity contribution in [2.45, 2.75) is 32.6 Å². The zero-order valence-electron chi connectivity index (χ0n) is 17.4. The number of nitrogens with zero attached hydrogens (tertiary/aromatic N) is 1. The number of nitrogens with one attached hydrogen (secondary N) is 3. The molecule has 3 N–H and O–H groups in total.